The summed E-state index contributed by atoms with van der Waals surface area (Å²) in [5.74, 6) is 0.0931. The summed E-state index contributed by atoms with van der Waals surface area (Å²) in [7, 11) is -1.93. The van der Waals surface area contributed by atoms with Crippen molar-refractivity contribution < 1.29 is 17.9 Å². The van der Waals surface area contributed by atoms with Gasteiger partial charge in [-0.2, -0.15) is 0 Å². The number of sulfonamides is 1. The molecule has 6 nitrogen and oxygen atoms in total. The summed E-state index contributed by atoms with van der Waals surface area (Å²) in [5.41, 5.74) is 2.23. The molecule has 0 aliphatic carbocycles. The molecule has 2 aromatic carbocycles. The summed E-state index contributed by atoms with van der Waals surface area (Å²) in [6, 6.07) is 14.3. The third kappa shape index (κ3) is 5.88. The molecule has 0 saturated carbocycles. The van der Waals surface area contributed by atoms with Crippen molar-refractivity contribution in [1.82, 2.24) is 10.0 Å². The number of carbonyl (C=O) groups is 1. The van der Waals surface area contributed by atoms with Gasteiger partial charge in [0.2, 0.25) is 10.0 Å². The van der Waals surface area contributed by atoms with Crippen LogP contribution in [0, 0.1) is 6.92 Å². The number of carbonyl (C=O) groups excluding carboxylic acids is 1. The Kier molecular flexibility index (Phi) is 6.55. The Labute approximate surface area is 148 Å². The van der Waals surface area contributed by atoms with Gasteiger partial charge in [0.25, 0.3) is 5.91 Å². The zero-order valence-corrected chi connectivity index (χ0v) is 15.1. The van der Waals surface area contributed by atoms with Crippen LogP contribution in [0.4, 0.5) is 0 Å². The second-order valence-electron chi connectivity index (χ2n) is 5.57. The second-order valence-corrected chi connectivity index (χ2v) is 7.49. The van der Waals surface area contributed by atoms with E-state index in [1.54, 1.807) is 18.2 Å². The number of benzene rings is 2. The van der Waals surface area contributed by atoms with Crippen LogP contribution >= 0.6 is 0 Å². The molecule has 2 N–H and O–H groups in total. The molecule has 134 valence electrons. The molecule has 0 aromatic heterocycles. The lowest BCUT2D eigenvalue weighted by atomic mass is 10.1. The van der Waals surface area contributed by atoms with Crippen molar-refractivity contribution in [3.63, 3.8) is 0 Å². The summed E-state index contributed by atoms with van der Waals surface area (Å²) in [4.78, 5) is 12.1. The number of amides is 1. The van der Waals surface area contributed by atoms with Crippen LogP contribution < -0.4 is 14.8 Å². The van der Waals surface area contributed by atoms with E-state index < -0.39 is 10.0 Å². The smallest absolute Gasteiger partial charge is 0.251 e. The molecule has 0 saturated heterocycles. The van der Waals surface area contributed by atoms with E-state index in [0.29, 0.717) is 11.3 Å². The maximum Gasteiger partial charge on any atom is 0.251 e. The van der Waals surface area contributed by atoms with Crippen molar-refractivity contribution in [1.29, 1.82) is 0 Å². The van der Waals surface area contributed by atoms with Crippen LogP contribution in [0.25, 0.3) is 0 Å². The lowest BCUT2D eigenvalue weighted by Crippen LogP contribution is -2.34. The van der Waals surface area contributed by atoms with E-state index in [2.05, 4.69) is 10.0 Å². The Balaban J connectivity index is 1.83. The highest BCUT2D eigenvalue weighted by Gasteiger charge is 2.12. The molecule has 0 fully saturated rings. The predicted octanol–water partition coefficient (Wildman–Crippen LogP) is 1.85. The van der Waals surface area contributed by atoms with E-state index in [1.165, 1.54) is 7.11 Å². The monoisotopic (exact) mass is 362 g/mol. The van der Waals surface area contributed by atoms with Crippen LogP contribution in [0.3, 0.4) is 0 Å². The lowest BCUT2D eigenvalue weighted by Gasteiger charge is -2.10. The third-order valence-electron chi connectivity index (χ3n) is 3.67. The summed E-state index contributed by atoms with van der Waals surface area (Å²) in [6.45, 7) is 2.14. The first-order valence-electron chi connectivity index (χ1n) is 7.85. The van der Waals surface area contributed by atoms with E-state index in [4.69, 9.17) is 4.74 Å². The van der Waals surface area contributed by atoms with Gasteiger partial charge in [-0.1, -0.05) is 36.4 Å². The van der Waals surface area contributed by atoms with Gasteiger partial charge in [-0.15, -0.1) is 0 Å². The number of hydrogen-bond donors (Lipinski definition) is 2. The number of ether oxygens (including phenoxy) is 1. The fourth-order valence-electron chi connectivity index (χ4n) is 2.22. The Morgan fingerprint density at radius 1 is 1.12 bits per heavy atom. The minimum Gasteiger partial charge on any atom is -0.496 e. The van der Waals surface area contributed by atoms with E-state index in [9.17, 15) is 13.2 Å². The highest BCUT2D eigenvalue weighted by atomic mass is 32.2. The molecule has 25 heavy (non-hydrogen) atoms. The van der Waals surface area contributed by atoms with Gasteiger partial charge < -0.3 is 10.1 Å². The number of hydrogen-bond acceptors (Lipinski definition) is 4. The molecule has 0 atom stereocenters. The minimum atomic E-state index is -3.47. The summed E-state index contributed by atoms with van der Waals surface area (Å²) in [5, 5.41) is 2.61. The molecule has 0 bridgehead atoms. The van der Waals surface area contributed by atoms with Gasteiger partial charge in [0, 0.05) is 18.7 Å². The third-order valence-corrected chi connectivity index (χ3v) is 4.99. The van der Waals surface area contributed by atoms with Gasteiger partial charge in [0.05, 0.1) is 12.9 Å². The first kappa shape index (κ1) is 19.0. The van der Waals surface area contributed by atoms with Crippen LogP contribution in [0.5, 0.6) is 5.75 Å². The Hall–Kier alpha value is -2.38. The first-order valence-corrected chi connectivity index (χ1v) is 9.50. The molecule has 0 unspecified atom stereocenters. The lowest BCUT2D eigenvalue weighted by molar-refractivity contribution is 0.0955. The predicted molar refractivity (Wildman–Crippen MR) is 97.1 cm³/mol. The molecule has 0 heterocycles. The van der Waals surface area contributed by atoms with Crippen molar-refractivity contribution in [3.8, 4) is 5.75 Å². The molecule has 0 aliphatic heterocycles. The van der Waals surface area contributed by atoms with Gasteiger partial charge in [-0.25, -0.2) is 13.1 Å². The first-order chi connectivity index (χ1) is 11.9. The van der Waals surface area contributed by atoms with E-state index >= 15 is 0 Å². The second kappa shape index (κ2) is 8.64. The number of nitrogens with one attached hydrogen (secondary N) is 2. The number of aryl methyl sites for hydroxylation is 1. The van der Waals surface area contributed by atoms with Crippen LogP contribution in [0.1, 0.15) is 21.5 Å². The zero-order chi connectivity index (χ0) is 18.3. The molecule has 0 aliphatic rings. The molecular formula is C18H22N2O4S. The summed E-state index contributed by atoms with van der Waals surface area (Å²) in [6.07, 6.45) is 0. The molecule has 2 aromatic rings. The Morgan fingerprint density at radius 3 is 2.52 bits per heavy atom. The standard InChI is InChI=1S/C18H22N2O4S/c1-14-8-9-16(12-17(14)24-2)18(21)19-10-11-25(22,23)20-13-15-6-4-3-5-7-15/h3-9,12,20H,10-11,13H2,1-2H3,(H,19,21). The number of rotatable bonds is 8. The highest BCUT2D eigenvalue weighted by Crippen LogP contribution is 2.18. The van der Waals surface area contributed by atoms with Crippen LogP contribution in [-0.4, -0.2) is 33.7 Å². The van der Waals surface area contributed by atoms with Crippen molar-refractivity contribution in [2.24, 2.45) is 0 Å². The Bertz CT molecular complexity index is 820. The van der Waals surface area contributed by atoms with Crippen molar-refractivity contribution >= 4 is 15.9 Å². The summed E-state index contributed by atoms with van der Waals surface area (Å²) >= 11 is 0. The molecule has 0 spiro atoms. The average Bonchev–Trinajstić information content (AvgIpc) is 2.61. The Morgan fingerprint density at radius 2 is 1.84 bits per heavy atom. The van der Waals surface area contributed by atoms with Gasteiger partial charge in [0.15, 0.2) is 0 Å². The van der Waals surface area contributed by atoms with E-state index in [0.717, 1.165) is 11.1 Å². The van der Waals surface area contributed by atoms with Gasteiger partial charge >= 0.3 is 0 Å². The normalized spacial score (nSPS) is 11.1. The topological polar surface area (TPSA) is 84.5 Å². The summed E-state index contributed by atoms with van der Waals surface area (Å²) < 4.78 is 31.7. The van der Waals surface area contributed by atoms with Crippen molar-refractivity contribution in [3.05, 3.63) is 65.2 Å². The zero-order valence-electron chi connectivity index (χ0n) is 14.3. The van der Waals surface area contributed by atoms with E-state index in [1.807, 2.05) is 37.3 Å². The maximum atomic E-state index is 12.1. The van der Waals surface area contributed by atoms with Gasteiger partial charge in [-0.05, 0) is 30.2 Å². The average molecular weight is 362 g/mol. The quantitative estimate of drug-likeness (QED) is 0.751. The molecule has 0 radical (unpaired) electrons. The molecule has 1 amide bonds. The number of methoxy groups -OCH3 is 1. The fraction of sp³-hybridized carbons (Fsp3) is 0.278. The largest absolute Gasteiger partial charge is 0.496 e. The van der Waals surface area contributed by atoms with E-state index in [-0.39, 0.29) is 24.7 Å². The van der Waals surface area contributed by atoms with Gasteiger partial charge in [-0.3, -0.25) is 4.79 Å². The van der Waals surface area contributed by atoms with Crippen LogP contribution in [0.2, 0.25) is 0 Å². The van der Waals surface area contributed by atoms with Crippen LogP contribution in [0.15, 0.2) is 48.5 Å². The van der Waals surface area contributed by atoms with Gasteiger partial charge in [0.1, 0.15) is 5.75 Å². The fourth-order valence-corrected chi connectivity index (χ4v) is 3.13. The van der Waals surface area contributed by atoms with Crippen molar-refractivity contribution in [2.75, 3.05) is 19.4 Å². The van der Waals surface area contributed by atoms with Crippen molar-refractivity contribution in [2.45, 2.75) is 13.5 Å². The molecule has 2 rings (SSSR count). The SMILES string of the molecule is COc1cc(C(=O)NCCS(=O)(=O)NCc2ccccc2)ccc1C. The molecular weight excluding hydrogens is 340 g/mol. The molecule has 7 heteroatoms. The highest BCUT2D eigenvalue weighted by molar-refractivity contribution is 7.89. The van der Waals surface area contributed by atoms with Crippen LogP contribution in [-0.2, 0) is 16.6 Å². The minimum absolute atomic E-state index is 0.0269. The maximum absolute atomic E-state index is 12.1.